The van der Waals surface area contributed by atoms with E-state index in [4.69, 9.17) is 0 Å². The summed E-state index contributed by atoms with van der Waals surface area (Å²) in [6.07, 6.45) is 0. The van der Waals surface area contributed by atoms with E-state index in [1.165, 1.54) is 0 Å². The number of carbonyl (C=O) groups excluding carboxylic acids is 2. The summed E-state index contributed by atoms with van der Waals surface area (Å²) in [5.74, 6) is -0.167. The van der Waals surface area contributed by atoms with Crippen LogP contribution in [0.4, 0.5) is 0 Å². The summed E-state index contributed by atoms with van der Waals surface area (Å²) in [6, 6.07) is 12.9. The summed E-state index contributed by atoms with van der Waals surface area (Å²) in [4.78, 5) is 24.6. The maximum atomic E-state index is 12.4. The van der Waals surface area contributed by atoms with Crippen LogP contribution >= 0.6 is 0 Å². The zero-order chi connectivity index (χ0) is 15.2. The third-order valence-electron chi connectivity index (χ3n) is 3.48. The fourth-order valence-electron chi connectivity index (χ4n) is 2.58. The molecule has 0 saturated heterocycles. The lowest BCUT2D eigenvalue weighted by molar-refractivity contribution is 0.0919. The van der Waals surface area contributed by atoms with Crippen LogP contribution in [0.25, 0.3) is 11.1 Å². The number of fused-ring (bicyclic) bond motifs is 3. The van der Waals surface area contributed by atoms with Crippen molar-refractivity contribution in [3.05, 3.63) is 59.2 Å². The smallest absolute Gasteiger partial charge is 0.251 e. The summed E-state index contributed by atoms with van der Waals surface area (Å²) in [5.41, 5.74) is 3.38. The van der Waals surface area contributed by atoms with Crippen LogP contribution in [0, 0.1) is 0 Å². The molecule has 1 amide bonds. The molecule has 0 radical (unpaired) electrons. The molecule has 2 aromatic carbocycles. The second-order valence-electron chi connectivity index (χ2n) is 6.34. The maximum Gasteiger partial charge on any atom is 0.251 e. The van der Waals surface area contributed by atoms with E-state index in [0.29, 0.717) is 16.7 Å². The molecule has 21 heavy (non-hydrogen) atoms. The largest absolute Gasteiger partial charge is 0.347 e. The first kappa shape index (κ1) is 13.6. The topological polar surface area (TPSA) is 46.2 Å². The summed E-state index contributed by atoms with van der Waals surface area (Å²) >= 11 is 0. The van der Waals surface area contributed by atoms with Gasteiger partial charge < -0.3 is 5.32 Å². The van der Waals surface area contributed by atoms with Gasteiger partial charge in [0.05, 0.1) is 0 Å². The molecule has 0 aromatic heterocycles. The van der Waals surface area contributed by atoms with E-state index in [2.05, 4.69) is 5.32 Å². The summed E-state index contributed by atoms with van der Waals surface area (Å²) in [6.45, 7) is 5.79. The van der Waals surface area contributed by atoms with Gasteiger partial charge in [0.15, 0.2) is 5.78 Å². The van der Waals surface area contributed by atoms with Crippen molar-refractivity contribution in [2.24, 2.45) is 0 Å². The molecule has 3 nitrogen and oxygen atoms in total. The zero-order valence-electron chi connectivity index (χ0n) is 12.4. The van der Waals surface area contributed by atoms with Crippen LogP contribution in [0.15, 0.2) is 42.5 Å². The monoisotopic (exact) mass is 279 g/mol. The molecule has 0 atom stereocenters. The van der Waals surface area contributed by atoms with Crippen molar-refractivity contribution in [3.8, 4) is 11.1 Å². The van der Waals surface area contributed by atoms with Gasteiger partial charge in [0, 0.05) is 22.2 Å². The van der Waals surface area contributed by atoms with Crippen molar-refractivity contribution in [2.45, 2.75) is 26.3 Å². The third kappa shape index (κ3) is 2.35. The fraction of sp³-hybridized carbons (Fsp3) is 0.222. The Balaban J connectivity index is 2.02. The number of hydrogen-bond donors (Lipinski definition) is 1. The molecule has 106 valence electrons. The Labute approximate surface area is 124 Å². The minimum absolute atomic E-state index is 0.00833. The molecular formula is C18H17NO2. The number of ketones is 1. The fourth-order valence-corrected chi connectivity index (χ4v) is 2.58. The van der Waals surface area contributed by atoms with Gasteiger partial charge in [0.25, 0.3) is 5.91 Å². The van der Waals surface area contributed by atoms with E-state index >= 15 is 0 Å². The molecule has 0 heterocycles. The van der Waals surface area contributed by atoms with Crippen LogP contribution < -0.4 is 5.32 Å². The molecule has 0 spiro atoms. The molecule has 1 aliphatic carbocycles. The predicted molar refractivity (Wildman–Crippen MR) is 82.5 cm³/mol. The Bertz CT molecular complexity index is 754. The van der Waals surface area contributed by atoms with Crippen molar-refractivity contribution >= 4 is 11.7 Å². The zero-order valence-corrected chi connectivity index (χ0v) is 12.4. The van der Waals surface area contributed by atoms with Crippen molar-refractivity contribution < 1.29 is 9.59 Å². The number of nitrogens with one attached hydrogen (secondary N) is 1. The SMILES string of the molecule is CC(C)(C)NC(=O)c1ccc2c(c1)C(=O)c1ccccc1-2. The second-order valence-corrected chi connectivity index (χ2v) is 6.34. The van der Waals surface area contributed by atoms with Gasteiger partial charge in [-0.1, -0.05) is 30.3 Å². The van der Waals surface area contributed by atoms with Crippen LogP contribution in [-0.4, -0.2) is 17.2 Å². The van der Waals surface area contributed by atoms with Gasteiger partial charge in [0.1, 0.15) is 0 Å². The lowest BCUT2D eigenvalue weighted by Crippen LogP contribution is -2.40. The highest BCUT2D eigenvalue weighted by Crippen LogP contribution is 2.36. The average Bonchev–Trinajstić information content (AvgIpc) is 2.71. The Morgan fingerprint density at radius 1 is 0.905 bits per heavy atom. The quantitative estimate of drug-likeness (QED) is 0.742. The number of amides is 1. The minimum atomic E-state index is -0.303. The van der Waals surface area contributed by atoms with Gasteiger partial charge in [-0.25, -0.2) is 0 Å². The molecule has 2 aromatic rings. The molecule has 0 unspecified atom stereocenters. The second kappa shape index (κ2) is 4.55. The molecule has 1 aliphatic rings. The highest BCUT2D eigenvalue weighted by atomic mass is 16.2. The number of benzene rings is 2. The van der Waals surface area contributed by atoms with Gasteiger partial charge in [-0.15, -0.1) is 0 Å². The maximum absolute atomic E-state index is 12.4. The molecule has 3 heteroatoms. The summed E-state index contributed by atoms with van der Waals surface area (Å²) < 4.78 is 0. The Kier molecular flexibility index (Phi) is 2.94. The third-order valence-corrected chi connectivity index (χ3v) is 3.48. The summed E-state index contributed by atoms with van der Waals surface area (Å²) in [5, 5.41) is 2.91. The van der Waals surface area contributed by atoms with E-state index in [1.54, 1.807) is 12.1 Å². The molecular weight excluding hydrogens is 262 g/mol. The molecule has 0 bridgehead atoms. The van der Waals surface area contributed by atoms with E-state index in [-0.39, 0.29) is 17.2 Å². The Morgan fingerprint density at radius 3 is 2.19 bits per heavy atom. The molecule has 3 rings (SSSR count). The van der Waals surface area contributed by atoms with Crippen molar-refractivity contribution in [2.75, 3.05) is 0 Å². The number of hydrogen-bond acceptors (Lipinski definition) is 2. The Morgan fingerprint density at radius 2 is 1.52 bits per heavy atom. The molecule has 1 N–H and O–H groups in total. The highest BCUT2D eigenvalue weighted by Gasteiger charge is 2.27. The first-order valence-corrected chi connectivity index (χ1v) is 6.97. The molecule has 0 fully saturated rings. The normalized spacial score (nSPS) is 12.8. The van der Waals surface area contributed by atoms with Crippen LogP contribution in [0.2, 0.25) is 0 Å². The number of rotatable bonds is 1. The highest BCUT2D eigenvalue weighted by molar-refractivity contribution is 6.22. The van der Waals surface area contributed by atoms with Crippen molar-refractivity contribution in [1.29, 1.82) is 0 Å². The predicted octanol–water partition coefficient (Wildman–Crippen LogP) is 3.43. The van der Waals surface area contributed by atoms with Crippen LogP contribution in [0.3, 0.4) is 0 Å². The van der Waals surface area contributed by atoms with Crippen molar-refractivity contribution in [1.82, 2.24) is 5.32 Å². The Hall–Kier alpha value is -2.42. The van der Waals surface area contributed by atoms with Gasteiger partial charge >= 0.3 is 0 Å². The standard InChI is InChI=1S/C18H17NO2/c1-18(2,3)19-17(21)11-8-9-13-12-6-4-5-7-14(12)16(20)15(13)10-11/h4-10H,1-3H3,(H,19,21). The van der Waals surface area contributed by atoms with Crippen LogP contribution in [0.5, 0.6) is 0 Å². The van der Waals surface area contributed by atoms with Gasteiger partial charge in [-0.3, -0.25) is 9.59 Å². The summed E-state index contributed by atoms with van der Waals surface area (Å²) in [7, 11) is 0. The minimum Gasteiger partial charge on any atom is -0.347 e. The van der Waals surface area contributed by atoms with E-state index in [1.807, 2.05) is 51.1 Å². The van der Waals surface area contributed by atoms with E-state index in [9.17, 15) is 9.59 Å². The molecule has 0 saturated carbocycles. The van der Waals surface area contributed by atoms with Crippen LogP contribution in [0.1, 0.15) is 47.1 Å². The number of carbonyl (C=O) groups is 2. The van der Waals surface area contributed by atoms with Gasteiger partial charge in [0.2, 0.25) is 0 Å². The van der Waals surface area contributed by atoms with Gasteiger partial charge in [-0.05, 0) is 44.0 Å². The lowest BCUT2D eigenvalue weighted by atomic mass is 10.0. The van der Waals surface area contributed by atoms with E-state index < -0.39 is 0 Å². The molecule has 0 aliphatic heterocycles. The first-order valence-electron chi connectivity index (χ1n) is 6.97. The van der Waals surface area contributed by atoms with Gasteiger partial charge in [-0.2, -0.15) is 0 Å². The van der Waals surface area contributed by atoms with Crippen LogP contribution in [-0.2, 0) is 0 Å². The lowest BCUT2D eigenvalue weighted by Gasteiger charge is -2.20. The van der Waals surface area contributed by atoms with Crippen molar-refractivity contribution in [3.63, 3.8) is 0 Å². The average molecular weight is 279 g/mol. The first-order chi connectivity index (χ1) is 9.87. The van der Waals surface area contributed by atoms with E-state index in [0.717, 1.165) is 11.1 Å².